The van der Waals surface area contributed by atoms with E-state index in [1.165, 1.54) is 0 Å². The second-order valence-corrected chi connectivity index (χ2v) is 4.54. The van der Waals surface area contributed by atoms with Crippen molar-refractivity contribution in [2.75, 3.05) is 6.61 Å². The molecule has 1 aromatic rings. The lowest BCUT2D eigenvalue weighted by Crippen LogP contribution is -2.40. The summed E-state index contributed by atoms with van der Waals surface area (Å²) in [7, 11) is 0. The Hall–Kier alpha value is -0.860. The Morgan fingerprint density at radius 1 is 1.21 bits per heavy atom. The average molecular weight is 193 g/mol. The Labute approximate surface area is 86.0 Å². The van der Waals surface area contributed by atoms with Gasteiger partial charge in [0.25, 0.3) is 0 Å². The highest BCUT2D eigenvalue weighted by Crippen LogP contribution is 2.15. The SMILES string of the molecule is CC(C)(C)NC(CO)c1ccccc1. The fourth-order valence-electron chi connectivity index (χ4n) is 1.44. The minimum atomic E-state index is 0.0171. The molecular weight excluding hydrogens is 174 g/mol. The summed E-state index contributed by atoms with van der Waals surface area (Å²) in [5.74, 6) is 0. The molecule has 0 saturated carbocycles. The largest absolute Gasteiger partial charge is 0.394 e. The van der Waals surface area contributed by atoms with Gasteiger partial charge < -0.3 is 10.4 Å². The van der Waals surface area contributed by atoms with Gasteiger partial charge in [-0.15, -0.1) is 0 Å². The Morgan fingerprint density at radius 2 is 1.79 bits per heavy atom. The van der Waals surface area contributed by atoms with E-state index >= 15 is 0 Å². The smallest absolute Gasteiger partial charge is 0.0626 e. The molecule has 0 bridgehead atoms. The number of nitrogens with one attached hydrogen (secondary N) is 1. The van der Waals surface area contributed by atoms with Crippen LogP contribution in [0.25, 0.3) is 0 Å². The van der Waals surface area contributed by atoms with Crippen molar-refractivity contribution in [2.24, 2.45) is 0 Å². The topological polar surface area (TPSA) is 32.3 Å². The van der Waals surface area contributed by atoms with Gasteiger partial charge in [0.05, 0.1) is 12.6 Å². The van der Waals surface area contributed by atoms with Gasteiger partial charge >= 0.3 is 0 Å². The number of aliphatic hydroxyl groups is 1. The molecule has 0 saturated heterocycles. The second kappa shape index (κ2) is 4.58. The van der Waals surface area contributed by atoms with Crippen molar-refractivity contribution < 1.29 is 5.11 Å². The summed E-state index contributed by atoms with van der Waals surface area (Å²) in [5.41, 5.74) is 1.15. The lowest BCUT2D eigenvalue weighted by Gasteiger charge is -2.27. The van der Waals surface area contributed by atoms with Crippen LogP contribution < -0.4 is 5.32 Å². The first-order valence-electron chi connectivity index (χ1n) is 4.96. The van der Waals surface area contributed by atoms with Crippen molar-refractivity contribution in [3.8, 4) is 0 Å². The predicted octanol–water partition coefficient (Wildman–Crippen LogP) is 2.11. The van der Waals surface area contributed by atoms with E-state index in [-0.39, 0.29) is 18.2 Å². The van der Waals surface area contributed by atoms with Gasteiger partial charge in [0.2, 0.25) is 0 Å². The molecule has 0 aliphatic carbocycles. The molecule has 1 atom stereocenters. The van der Waals surface area contributed by atoms with Gasteiger partial charge in [-0.25, -0.2) is 0 Å². The maximum absolute atomic E-state index is 9.28. The van der Waals surface area contributed by atoms with E-state index in [2.05, 4.69) is 26.1 Å². The third-order valence-corrected chi connectivity index (χ3v) is 1.99. The van der Waals surface area contributed by atoms with Gasteiger partial charge in [0.1, 0.15) is 0 Å². The molecule has 0 spiro atoms. The third kappa shape index (κ3) is 3.48. The molecule has 0 aromatic heterocycles. The Morgan fingerprint density at radius 3 is 2.21 bits per heavy atom. The Balaban J connectivity index is 2.73. The molecule has 0 fully saturated rings. The molecule has 78 valence electrons. The van der Waals surface area contributed by atoms with Crippen LogP contribution in [0.5, 0.6) is 0 Å². The normalized spacial score (nSPS) is 14.0. The fraction of sp³-hybridized carbons (Fsp3) is 0.500. The highest BCUT2D eigenvalue weighted by atomic mass is 16.3. The summed E-state index contributed by atoms with van der Waals surface area (Å²) in [6, 6.07) is 10.0. The minimum Gasteiger partial charge on any atom is -0.394 e. The average Bonchev–Trinajstić information content (AvgIpc) is 2.14. The van der Waals surface area contributed by atoms with Crippen LogP contribution in [0.1, 0.15) is 32.4 Å². The molecule has 0 aliphatic heterocycles. The standard InChI is InChI=1S/C12H19NO/c1-12(2,3)13-11(9-14)10-7-5-4-6-8-10/h4-8,11,13-14H,9H2,1-3H3. The number of hydrogen-bond donors (Lipinski definition) is 2. The summed E-state index contributed by atoms with van der Waals surface area (Å²) >= 11 is 0. The second-order valence-electron chi connectivity index (χ2n) is 4.54. The Bertz CT molecular complexity index is 263. The van der Waals surface area contributed by atoms with Crippen LogP contribution in [0, 0.1) is 0 Å². The van der Waals surface area contributed by atoms with Gasteiger partial charge in [-0.2, -0.15) is 0 Å². The zero-order valence-electron chi connectivity index (χ0n) is 9.12. The zero-order valence-corrected chi connectivity index (χ0v) is 9.12. The van der Waals surface area contributed by atoms with Gasteiger partial charge in [-0.3, -0.25) is 0 Å². The maximum Gasteiger partial charge on any atom is 0.0626 e. The lowest BCUT2D eigenvalue weighted by molar-refractivity contribution is 0.217. The summed E-state index contributed by atoms with van der Waals surface area (Å²) in [5, 5.41) is 12.7. The first-order valence-corrected chi connectivity index (χ1v) is 4.96. The Kier molecular flexibility index (Phi) is 3.67. The minimum absolute atomic E-state index is 0.0171. The van der Waals surface area contributed by atoms with Crippen LogP contribution in [0.4, 0.5) is 0 Å². The lowest BCUT2D eigenvalue weighted by atomic mass is 10.0. The van der Waals surface area contributed by atoms with Crippen LogP contribution in [0.3, 0.4) is 0 Å². The first kappa shape index (κ1) is 11.2. The van der Waals surface area contributed by atoms with Crippen LogP contribution in [-0.2, 0) is 0 Å². The summed E-state index contributed by atoms with van der Waals surface area (Å²) < 4.78 is 0. The molecule has 14 heavy (non-hydrogen) atoms. The fourth-order valence-corrected chi connectivity index (χ4v) is 1.44. The molecular formula is C12H19NO. The van der Waals surface area contributed by atoms with E-state index in [1.807, 2.05) is 30.3 Å². The van der Waals surface area contributed by atoms with Crippen LogP contribution >= 0.6 is 0 Å². The molecule has 0 aliphatic rings. The van der Waals surface area contributed by atoms with E-state index in [0.717, 1.165) is 5.56 Å². The summed E-state index contributed by atoms with van der Waals surface area (Å²) in [6.07, 6.45) is 0. The highest BCUT2D eigenvalue weighted by molar-refractivity contribution is 5.19. The van der Waals surface area contributed by atoms with E-state index in [1.54, 1.807) is 0 Å². The molecule has 1 unspecified atom stereocenters. The number of rotatable bonds is 3. The van der Waals surface area contributed by atoms with Crippen molar-refractivity contribution >= 4 is 0 Å². The van der Waals surface area contributed by atoms with Crippen molar-refractivity contribution in [3.05, 3.63) is 35.9 Å². The van der Waals surface area contributed by atoms with E-state index in [0.29, 0.717) is 0 Å². The number of hydrogen-bond acceptors (Lipinski definition) is 2. The number of benzene rings is 1. The molecule has 0 radical (unpaired) electrons. The first-order chi connectivity index (χ1) is 6.53. The van der Waals surface area contributed by atoms with Crippen molar-refractivity contribution in [2.45, 2.75) is 32.4 Å². The number of aliphatic hydroxyl groups excluding tert-OH is 1. The van der Waals surface area contributed by atoms with Crippen molar-refractivity contribution in [1.82, 2.24) is 5.32 Å². The molecule has 1 aromatic carbocycles. The monoisotopic (exact) mass is 193 g/mol. The van der Waals surface area contributed by atoms with Crippen molar-refractivity contribution in [1.29, 1.82) is 0 Å². The summed E-state index contributed by atoms with van der Waals surface area (Å²) in [4.78, 5) is 0. The van der Waals surface area contributed by atoms with E-state index < -0.39 is 0 Å². The van der Waals surface area contributed by atoms with Crippen LogP contribution in [-0.4, -0.2) is 17.3 Å². The van der Waals surface area contributed by atoms with Gasteiger partial charge in [-0.05, 0) is 26.3 Å². The quantitative estimate of drug-likeness (QED) is 0.770. The zero-order chi connectivity index (χ0) is 10.6. The molecule has 0 heterocycles. The molecule has 2 heteroatoms. The summed E-state index contributed by atoms with van der Waals surface area (Å²) in [6.45, 7) is 6.41. The molecule has 2 nitrogen and oxygen atoms in total. The van der Waals surface area contributed by atoms with Crippen LogP contribution in [0.2, 0.25) is 0 Å². The van der Waals surface area contributed by atoms with Crippen molar-refractivity contribution in [3.63, 3.8) is 0 Å². The predicted molar refractivity (Wildman–Crippen MR) is 59.2 cm³/mol. The van der Waals surface area contributed by atoms with Crippen LogP contribution in [0.15, 0.2) is 30.3 Å². The molecule has 2 N–H and O–H groups in total. The van der Waals surface area contributed by atoms with E-state index in [9.17, 15) is 5.11 Å². The molecule has 1 rings (SSSR count). The van der Waals surface area contributed by atoms with Gasteiger partial charge in [0, 0.05) is 5.54 Å². The maximum atomic E-state index is 9.28. The van der Waals surface area contributed by atoms with Gasteiger partial charge in [-0.1, -0.05) is 30.3 Å². The highest BCUT2D eigenvalue weighted by Gasteiger charge is 2.17. The molecule has 0 amide bonds. The van der Waals surface area contributed by atoms with E-state index in [4.69, 9.17) is 0 Å². The van der Waals surface area contributed by atoms with Gasteiger partial charge in [0.15, 0.2) is 0 Å². The third-order valence-electron chi connectivity index (χ3n) is 1.99.